The van der Waals surface area contributed by atoms with Crippen LogP contribution in [0.15, 0.2) is 77.7 Å². The van der Waals surface area contributed by atoms with Crippen LogP contribution in [0.3, 0.4) is 0 Å². The molecule has 0 saturated carbocycles. The van der Waals surface area contributed by atoms with Crippen molar-refractivity contribution in [2.45, 2.75) is 11.8 Å². The Balaban J connectivity index is 1.89. The number of amides is 1. The predicted octanol–water partition coefficient (Wildman–Crippen LogP) is 3.86. The predicted molar refractivity (Wildman–Crippen MR) is 108 cm³/mol. The van der Waals surface area contributed by atoms with Crippen LogP contribution in [0.5, 0.6) is 0 Å². The summed E-state index contributed by atoms with van der Waals surface area (Å²) in [7, 11) is -3.86. The lowest BCUT2D eigenvalue weighted by atomic mass is 10.1. The van der Waals surface area contributed by atoms with Crippen LogP contribution in [0.2, 0.25) is 0 Å². The summed E-state index contributed by atoms with van der Waals surface area (Å²) in [5, 5.41) is 2.65. The highest BCUT2D eigenvalue weighted by Gasteiger charge is 2.19. The van der Waals surface area contributed by atoms with Gasteiger partial charge in [-0.3, -0.25) is 14.3 Å². The average molecular weight is 394 g/mol. The monoisotopic (exact) mass is 394 g/mol. The van der Waals surface area contributed by atoms with E-state index in [2.05, 4.69) is 10.0 Å². The number of benzene rings is 3. The molecular weight excluding hydrogens is 376 g/mol. The molecule has 0 radical (unpaired) electrons. The summed E-state index contributed by atoms with van der Waals surface area (Å²) in [5.41, 5.74) is 1.89. The molecule has 142 valence electrons. The minimum absolute atomic E-state index is 0.0969. The summed E-state index contributed by atoms with van der Waals surface area (Å²) in [4.78, 5) is 23.9. The van der Waals surface area contributed by atoms with Gasteiger partial charge >= 0.3 is 0 Å². The maximum atomic E-state index is 12.7. The van der Waals surface area contributed by atoms with Crippen molar-refractivity contribution in [1.82, 2.24) is 0 Å². The molecule has 6 nitrogen and oxygen atoms in total. The van der Waals surface area contributed by atoms with Crippen LogP contribution < -0.4 is 10.0 Å². The van der Waals surface area contributed by atoms with Crippen LogP contribution in [-0.2, 0) is 10.0 Å². The molecule has 3 rings (SSSR count). The standard InChI is InChI=1S/C21H18N2O4S/c1-15-10-12-17(13-11-15)28(26,27)23-20-9-5-3-7-18(20)21(25)22-19-8-4-2-6-16(19)14-24/h2-14,23H,1H3,(H,22,25). The van der Waals surface area contributed by atoms with E-state index in [9.17, 15) is 18.0 Å². The molecule has 0 aliphatic heterocycles. The molecule has 3 aromatic rings. The van der Waals surface area contributed by atoms with Crippen LogP contribution in [0.1, 0.15) is 26.3 Å². The van der Waals surface area contributed by atoms with E-state index in [-0.39, 0.29) is 16.1 Å². The van der Waals surface area contributed by atoms with Gasteiger partial charge in [-0.25, -0.2) is 8.42 Å². The first-order valence-corrected chi connectivity index (χ1v) is 9.93. The Morgan fingerprint density at radius 1 is 0.857 bits per heavy atom. The number of anilines is 2. The van der Waals surface area contributed by atoms with Gasteiger partial charge in [-0.1, -0.05) is 42.0 Å². The van der Waals surface area contributed by atoms with Gasteiger partial charge in [0.15, 0.2) is 6.29 Å². The Morgan fingerprint density at radius 3 is 2.14 bits per heavy atom. The van der Waals surface area contributed by atoms with E-state index in [1.807, 2.05) is 6.92 Å². The van der Waals surface area contributed by atoms with Crippen LogP contribution in [-0.4, -0.2) is 20.6 Å². The Labute approximate surface area is 163 Å². The summed E-state index contributed by atoms with van der Waals surface area (Å²) < 4.78 is 27.8. The number of aryl methyl sites for hydroxylation is 1. The highest BCUT2D eigenvalue weighted by Crippen LogP contribution is 2.22. The van der Waals surface area contributed by atoms with E-state index >= 15 is 0 Å². The Bertz CT molecular complexity index is 1120. The summed E-state index contributed by atoms with van der Waals surface area (Å²) in [6, 6.07) is 19.2. The second-order valence-corrected chi connectivity index (χ2v) is 7.81. The first-order valence-electron chi connectivity index (χ1n) is 8.45. The number of para-hydroxylation sites is 2. The van der Waals surface area contributed by atoms with Gasteiger partial charge in [-0.2, -0.15) is 0 Å². The Hall–Kier alpha value is -3.45. The third kappa shape index (κ3) is 4.27. The van der Waals surface area contributed by atoms with Crippen molar-refractivity contribution in [3.63, 3.8) is 0 Å². The Kier molecular flexibility index (Phi) is 5.56. The fourth-order valence-electron chi connectivity index (χ4n) is 2.59. The van der Waals surface area contributed by atoms with Crippen molar-refractivity contribution in [2.75, 3.05) is 10.0 Å². The van der Waals surface area contributed by atoms with Gasteiger partial charge in [-0.05, 0) is 43.3 Å². The van der Waals surface area contributed by atoms with Crippen LogP contribution in [0, 0.1) is 6.92 Å². The molecule has 0 aliphatic rings. The average Bonchev–Trinajstić information content (AvgIpc) is 2.69. The largest absolute Gasteiger partial charge is 0.321 e. The van der Waals surface area contributed by atoms with Crippen LogP contribution in [0.4, 0.5) is 11.4 Å². The number of nitrogens with one attached hydrogen (secondary N) is 2. The molecule has 0 spiro atoms. The SMILES string of the molecule is Cc1ccc(S(=O)(=O)Nc2ccccc2C(=O)Nc2ccccc2C=O)cc1. The fourth-order valence-corrected chi connectivity index (χ4v) is 3.67. The quantitative estimate of drug-likeness (QED) is 0.621. The van der Waals surface area contributed by atoms with Crippen LogP contribution in [0.25, 0.3) is 0 Å². The molecule has 0 atom stereocenters. The molecule has 0 aromatic heterocycles. The van der Waals surface area contributed by atoms with Crippen molar-refractivity contribution in [3.05, 3.63) is 89.5 Å². The lowest BCUT2D eigenvalue weighted by molar-refractivity contribution is 0.102. The summed E-state index contributed by atoms with van der Waals surface area (Å²) in [6.45, 7) is 1.86. The van der Waals surface area contributed by atoms with Crippen molar-refractivity contribution in [1.29, 1.82) is 0 Å². The third-order valence-electron chi connectivity index (χ3n) is 4.08. The highest BCUT2D eigenvalue weighted by molar-refractivity contribution is 7.92. The number of carbonyl (C=O) groups is 2. The molecule has 0 bridgehead atoms. The maximum absolute atomic E-state index is 12.7. The Morgan fingerprint density at radius 2 is 1.46 bits per heavy atom. The molecule has 3 aromatic carbocycles. The summed E-state index contributed by atoms with van der Waals surface area (Å²) >= 11 is 0. The number of aldehydes is 1. The van der Waals surface area contributed by atoms with E-state index < -0.39 is 15.9 Å². The topological polar surface area (TPSA) is 92.3 Å². The first-order chi connectivity index (χ1) is 13.4. The molecule has 2 N–H and O–H groups in total. The van der Waals surface area contributed by atoms with Crippen molar-refractivity contribution < 1.29 is 18.0 Å². The zero-order valence-electron chi connectivity index (χ0n) is 15.0. The van der Waals surface area contributed by atoms with Crippen molar-refractivity contribution >= 4 is 33.6 Å². The van der Waals surface area contributed by atoms with E-state index in [0.717, 1.165) is 5.56 Å². The number of hydrogen-bond donors (Lipinski definition) is 2. The lowest BCUT2D eigenvalue weighted by Crippen LogP contribution is -2.19. The van der Waals surface area contributed by atoms with Gasteiger partial charge in [0.25, 0.3) is 15.9 Å². The number of sulfonamides is 1. The molecule has 7 heteroatoms. The fraction of sp³-hybridized carbons (Fsp3) is 0.0476. The number of rotatable bonds is 6. The van der Waals surface area contributed by atoms with Gasteiger partial charge in [0, 0.05) is 5.56 Å². The molecule has 0 fully saturated rings. The number of hydrogen-bond acceptors (Lipinski definition) is 4. The number of carbonyl (C=O) groups excluding carboxylic acids is 2. The zero-order chi connectivity index (χ0) is 20.1. The zero-order valence-corrected chi connectivity index (χ0v) is 15.9. The molecule has 0 unspecified atom stereocenters. The molecule has 0 heterocycles. The first kappa shape index (κ1) is 19.3. The molecule has 28 heavy (non-hydrogen) atoms. The minimum Gasteiger partial charge on any atom is -0.321 e. The van der Waals surface area contributed by atoms with Gasteiger partial charge in [0.05, 0.1) is 21.8 Å². The van der Waals surface area contributed by atoms with E-state index in [1.54, 1.807) is 48.5 Å². The van der Waals surface area contributed by atoms with E-state index in [0.29, 0.717) is 17.5 Å². The second kappa shape index (κ2) is 8.06. The maximum Gasteiger partial charge on any atom is 0.261 e. The van der Waals surface area contributed by atoms with Crippen molar-refractivity contribution in [3.8, 4) is 0 Å². The smallest absolute Gasteiger partial charge is 0.261 e. The van der Waals surface area contributed by atoms with E-state index in [1.165, 1.54) is 24.3 Å². The minimum atomic E-state index is -3.86. The van der Waals surface area contributed by atoms with Gasteiger partial charge in [-0.15, -0.1) is 0 Å². The van der Waals surface area contributed by atoms with Gasteiger partial charge < -0.3 is 5.32 Å². The van der Waals surface area contributed by atoms with Gasteiger partial charge in [0.2, 0.25) is 0 Å². The third-order valence-corrected chi connectivity index (χ3v) is 5.46. The summed E-state index contributed by atoms with van der Waals surface area (Å²) in [5.74, 6) is -0.531. The molecule has 0 aliphatic carbocycles. The van der Waals surface area contributed by atoms with E-state index in [4.69, 9.17) is 0 Å². The normalized spacial score (nSPS) is 10.9. The lowest BCUT2D eigenvalue weighted by Gasteiger charge is -2.13. The summed E-state index contributed by atoms with van der Waals surface area (Å²) in [6.07, 6.45) is 0.640. The van der Waals surface area contributed by atoms with Gasteiger partial charge in [0.1, 0.15) is 0 Å². The molecule has 0 saturated heterocycles. The molecular formula is C21H18N2O4S. The van der Waals surface area contributed by atoms with Crippen molar-refractivity contribution in [2.24, 2.45) is 0 Å². The second-order valence-electron chi connectivity index (χ2n) is 6.12. The molecule has 1 amide bonds. The highest BCUT2D eigenvalue weighted by atomic mass is 32.2. The van der Waals surface area contributed by atoms with Crippen LogP contribution >= 0.6 is 0 Å².